The average Bonchev–Trinajstić information content (AvgIpc) is 2.89. The zero-order valence-corrected chi connectivity index (χ0v) is 10.9. The SMILES string of the molecule is CCC1(C(=O)Nc2ccc(CO)cc2)CCCC1. The third-order valence-corrected chi connectivity index (χ3v) is 4.11. The van der Waals surface area contributed by atoms with E-state index in [9.17, 15) is 4.79 Å². The number of amides is 1. The summed E-state index contributed by atoms with van der Waals surface area (Å²) < 4.78 is 0. The smallest absolute Gasteiger partial charge is 0.230 e. The van der Waals surface area contributed by atoms with Crippen molar-refractivity contribution in [2.24, 2.45) is 5.41 Å². The lowest BCUT2D eigenvalue weighted by Crippen LogP contribution is -2.33. The minimum atomic E-state index is -0.157. The van der Waals surface area contributed by atoms with Crippen molar-refractivity contribution in [3.63, 3.8) is 0 Å². The fourth-order valence-electron chi connectivity index (χ4n) is 2.75. The van der Waals surface area contributed by atoms with Gasteiger partial charge in [0.2, 0.25) is 5.91 Å². The summed E-state index contributed by atoms with van der Waals surface area (Å²) in [5, 5.41) is 12.0. The molecule has 0 aliphatic heterocycles. The van der Waals surface area contributed by atoms with Crippen LogP contribution in [-0.4, -0.2) is 11.0 Å². The van der Waals surface area contributed by atoms with E-state index in [1.807, 2.05) is 24.3 Å². The fraction of sp³-hybridized carbons (Fsp3) is 0.533. The number of hydrogen-bond donors (Lipinski definition) is 2. The van der Waals surface area contributed by atoms with Crippen LogP contribution >= 0.6 is 0 Å². The molecule has 0 aromatic heterocycles. The van der Waals surface area contributed by atoms with E-state index in [2.05, 4.69) is 12.2 Å². The van der Waals surface area contributed by atoms with Crippen LogP contribution in [0.25, 0.3) is 0 Å². The highest BCUT2D eigenvalue weighted by atomic mass is 16.3. The quantitative estimate of drug-likeness (QED) is 0.859. The van der Waals surface area contributed by atoms with Crippen LogP contribution in [0.2, 0.25) is 0 Å². The number of aliphatic hydroxyl groups excluding tert-OH is 1. The molecule has 18 heavy (non-hydrogen) atoms. The topological polar surface area (TPSA) is 49.3 Å². The summed E-state index contributed by atoms with van der Waals surface area (Å²) in [5.41, 5.74) is 1.52. The van der Waals surface area contributed by atoms with Crippen LogP contribution in [0.3, 0.4) is 0 Å². The molecule has 2 N–H and O–H groups in total. The van der Waals surface area contributed by atoms with E-state index >= 15 is 0 Å². The summed E-state index contributed by atoms with van der Waals surface area (Å²) in [6, 6.07) is 7.37. The lowest BCUT2D eigenvalue weighted by Gasteiger charge is -2.26. The molecule has 2 rings (SSSR count). The van der Waals surface area contributed by atoms with E-state index in [4.69, 9.17) is 5.11 Å². The Labute approximate surface area is 108 Å². The Balaban J connectivity index is 2.05. The minimum Gasteiger partial charge on any atom is -0.392 e. The van der Waals surface area contributed by atoms with Crippen LogP contribution in [0.4, 0.5) is 5.69 Å². The number of benzene rings is 1. The maximum Gasteiger partial charge on any atom is 0.230 e. The van der Waals surface area contributed by atoms with Crippen LogP contribution in [0.5, 0.6) is 0 Å². The average molecular weight is 247 g/mol. The minimum absolute atomic E-state index is 0.0348. The van der Waals surface area contributed by atoms with E-state index < -0.39 is 0 Å². The van der Waals surface area contributed by atoms with Crippen LogP contribution in [-0.2, 0) is 11.4 Å². The summed E-state index contributed by atoms with van der Waals surface area (Å²) in [7, 11) is 0. The van der Waals surface area contributed by atoms with Crippen molar-refractivity contribution < 1.29 is 9.90 Å². The number of carbonyl (C=O) groups excluding carboxylic acids is 1. The van der Waals surface area contributed by atoms with Gasteiger partial charge in [-0.3, -0.25) is 4.79 Å². The predicted molar refractivity (Wildman–Crippen MR) is 72.2 cm³/mol. The largest absolute Gasteiger partial charge is 0.392 e. The van der Waals surface area contributed by atoms with Crippen LogP contribution < -0.4 is 5.32 Å². The van der Waals surface area contributed by atoms with Crippen LogP contribution in [0.15, 0.2) is 24.3 Å². The van der Waals surface area contributed by atoms with Gasteiger partial charge < -0.3 is 10.4 Å². The Kier molecular flexibility index (Phi) is 4.02. The zero-order valence-electron chi connectivity index (χ0n) is 10.9. The molecule has 98 valence electrons. The summed E-state index contributed by atoms with van der Waals surface area (Å²) in [4.78, 5) is 12.4. The predicted octanol–water partition coefficient (Wildman–Crippen LogP) is 3.09. The van der Waals surface area contributed by atoms with Gasteiger partial charge >= 0.3 is 0 Å². The summed E-state index contributed by atoms with van der Waals surface area (Å²) >= 11 is 0. The first-order valence-electron chi connectivity index (χ1n) is 6.71. The van der Waals surface area contributed by atoms with Crippen molar-refractivity contribution in [1.29, 1.82) is 0 Å². The maximum absolute atomic E-state index is 12.4. The molecule has 0 heterocycles. The number of nitrogens with one attached hydrogen (secondary N) is 1. The molecule has 1 aromatic carbocycles. The van der Waals surface area contributed by atoms with Gasteiger partial charge in [0.1, 0.15) is 0 Å². The molecule has 1 aliphatic carbocycles. The lowest BCUT2D eigenvalue weighted by molar-refractivity contribution is -0.125. The summed E-state index contributed by atoms with van der Waals surface area (Å²) in [6.45, 7) is 2.13. The van der Waals surface area contributed by atoms with Gasteiger partial charge in [0.25, 0.3) is 0 Å². The molecule has 1 amide bonds. The second-order valence-corrected chi connectivity index (χ2v) is 5.15. The number of hydrogen-bond acceptors (Lipinski definition) is 2. The summed E-state index contributed by atoms with van der Waals surface area (Å²) in [5.74, 6) is 0.152. The van der Waals surface area contributed by atoms with Crippen molar-refractivity contribution >= 4 is 11.6 Å². The van der Waals surface area contributed by atoms with E-state index in [-0.39, 0.29) is 17.9 Å². The lowest BCUT2D eigenvalue weighted by atomic mass is 9.82. The Bertz CT molecular complexity index is 405. The number of carbonyl (C=O) groups is 1. The van der Waals surface area contributed by atoms with Gasteiger partial charge in [0, 0.05) is 11.1 Å². The van der Waals surface area contributed by atoms with Gasteiger partial charge in [0.05, 0.1) is 6.61 Å². The molecular formula is C15H21NO2. The highest BCUT2D eigenvalue weighted by molar-refractivity contribution is 5.95. The molecule has 0 radical (unpaired) electrons. The molecule has 0 saturated heterocycles. The molecule has 0 unspecified atom stereocenters. The first-order chi connectivity index (χ1) is 8.70. The normalized spacial score (nSPS) is 17.7. The van der Waals surface area contributed by atoms with E-state index in [1.165, 1.54) is 0 Å². The fourth-order valence-corrected chi connectivity index (χ4v) is 2.75. The molecule has 1 aromatic rings. The zero-order chi connectivity index (χ0) is 13.0. The Morgan fingerprint density at radius 1 is 1.28 bits per heavy atom. The standard InChI is InChI=1S/C15H21NO2/c1-2-15(9-3-4-10-15)14(18)16-13-7-5-12(11-17)6-8-13/h5-8,17H,2-4,9-11H2,1H3,(H,16,18). The van der Waals surface area contributed by atoms with E-state index in [0.717, 1.165) is 43.4 Å². The molecular weight excluding hydrogens is 226 g/mol. The molecule has 0 bridgehead atoms. The van der Waals surface area contributed by atoms with Gasteiger partial charge in [0.15, 0.2) is 0 Å². The second-order valence-electron chi connectivity index (χ2n) is 5.15. The van der Waals surface area contributed by atoms with Crippen molar-refractivity contribution in [1.82, 2.24) is 0 Å². The Morgan fingerprint density at radius 2 is 1.89 bits per heavy atom. The number of aliphatic hydroxyl groups is 1. The van der Waals surface area contributed by atoms with Gasteiger partial charge in [-0.25, -0.2) is 0 Å². The second kappa shape index (κ2) is 5.53. The highest BCUT2D eigenvalue weighted by Crippen LogP contribution is 2.41. The number of rotatable bonds is 4. The monoisotopic (exact) mass is 247 g/mol. The third-order valence-electron chi connectivity index (χ3n) is 4.11. The summed E-state index contributed by atoms with van der Waals surface area (Å²) in [6.07, 6.45) is 5.23. The first-order valence-corrected chi connectivity index (χ1v) is 6.71. The molecule has 1 aliphatic rings. The first kappa shape index (κ1) is 13.1. The molecule has 3 nitrogen and oxygen atoms in total. The van der Waals surface area contributed by atoms with Gasteiger partial charge in [-0.05, 0) is 37.0 Å². The molecule has 1 fully saturated rings. The van der Waals surface area contributed by atoms with Gasteiger partial charge in [-0.1, -0.05) is 31.9 Å². The molecule has 0 spiro atoms. The molecule has 1 saturated carbocycles. The van der Waals surface area contributed by atoms with Crippen LogP contribution in [0.1, 0.15) is 44.6 Å². The molecule has 0 atom stereocenters. The van der Waals surface area contributed by atoms with Gasteiger partial charge in [-0.2, -0.15) is 0 Å². The van der Waals surface area contributed by atoms with Crippen molar-refractivity contribution in [3.05, 3.63) is 29.8 Å². The third kappa shape index (κ3) is 2.56. The van der Waals surface area contributed by atoms with E-state index in [1.54, 1.807) is 0 Å². The Hall–Kier alpha value is -1.35. The van der Waals surface area contributed by atoms with Crippen molar-refractivity contribution in [2.45, 2.75) is 45.6 Å². The highest BCUT2D eigenvalue weighted by Gasteiger charge is 2.39. The van der Waals surface area contributed by atoms with Crippen molar-refractivity contribution in [2.75, 3.05) is 5.32 Å². The molecule has 3 heteroatoms. The van der Waals surface area contributed by atoms with Crippen LogP contribution in [0, 0.1) is 5.41 Å². The van der Waals surface area contributed by atoms with E-state index in [0.29, 0.717) is 0 Å². The maximum atomic E-state index is 12.4. The number of anilines is 1. The Morgan fingerprint density at radius 3 is 2.39 bits per heavy atom. The van der Waals surface area contributed by atoms with Crippen molar-refractivity contribution in [3.8, 4) is 0 Å². The van der Waals surface area contributed by atoms with Gasteiger partial charge in [-0.15, -0.1) is 0 Å².